The number of carbonyl (C=O) groups is 1. The van der Waals surface area contributed by atoms with Crippen molar-refractivity contribution in [2.24, 2.45) is 10.9 Å². The van der Waals surface area contributed by atoms with Crippen molar-refractivity contribution in [2.45, 2.75) is 50.5 Å². The van der Waals surface area contributed by atoms with Crippen LogP contribution in [0.3, 0.4) is 0 Å². The molecule has 2 fully saturated rings. The maximum absolute atomic E-state index is 13.5. The Balaban J connectivity index is 1.37. The van der Waals surface area contributed by atoms with Gasteiger partial charge in [-0.05, 0) is 60.7 Å². The van der Waals surface area contributed by atoms with Crippen LogP contribution in [0.5, 0.6) is 11.5 Å². The zero-order valence-electron chi connectivity index (χ0n) is 29.3. The molecule has 0 radical (unpaired) electrons. The normalized spacial score (nSPS) is 19.9. The molecular formula is C39H45N5O6. The number of benzene rings is 3. The summed E-state index contributed by atoms with van der Waals surface area (Å²) in [5.74, 6) is 2.26. The van der Waals surface area contributed by atoms with Crippen LogP contribution >= 0.6 is 0 Å². The highest BCUT2D eigenvalue weighted by Crippen LogP contribution is 2.40. The molecule has 0 aliphatic carbocycles. The fraction of sp³-hybridized carbons (Fsp3) is 0.385. The third kappa shape index (κ3) is 7.15. The summed E-state index contributed by atoms with van der Waals surface area (Å²) in [6.45, 7) is 3.18. The highest BCUT2D eigenvalue weighted by Gasteiger charge is 2.42. The van der Waals surface area contributed by atoms with E-state index in [0.29, 0.717) is 18.8 Å². The standard InChI is InChI=1S/C39H45N5O6/c1-26-25-44(38(46)42-37(26)41-34-12-9-21-43(34)2)35-22-27(23-36(45)49-5)33(50-35)24-40-39(28-10-7-6-8-11-28,29-13-17-31(47-3)18-14-29)30-15-19-32(48-4)20-16-30/h6-8,10-11,13-20,25,27,33,35,40H,9,12,21-24H2,1-5H3/t27-,33-,35-/m1/s1. The average Bonchev–Trinajstić information content (AvgIpc) is 3.75. The van der Waals surface area contributed by atoms with Crippen molar-refractivity contribution in [2.75, 3.05) is 41.5 Å². The number of hydrogen-bond acceptors (Lipinski definition) is 9. The highest BCUT2D eigenvalue weighted by molar-refractivity contribution is 5.86. The van der Waals surface area contributed by atoms with Crippen LogP contribution in [0.25, 0.3) is 0 Å². The molecule has 0 saturated carbocycles. The summed E-state index contributed by atoms with van der Waals surface area (Å²) >= 11 is 0. The van der Waals surface area contributed by atoms with Gasteiger partial charge in [0.25, 0.3) is 0 Å². The Kier molecular flexibility index (Phi) is 10.6. The summed E-state index contributed by atoms with van der Waals surface area (Å²) < 4.78 is 24.3. The van der Waals surface area contributed by atoms with Crippen LogP contribution in [-0.4, -0.2) is 73.8 Å². The molecule has 0 amide bonds. The summed E-state index contributed by atoms with van der Waals surface area (Å²) in [5, 5.41) is 3.89. The number of hydrogen-bond donors (Lipinski definition) is 1. The maximum Gasteiger partial charge on any atom is 0.351 e. The lowest BCUT2D eigenvalue weighted by Gasteiger charge is -2.38. The lowest BCUT2D eigenvalue weighted by Crippen LogP contribution is -2.48. The molecular weight excluding hydrogens is 634 g/mol. The molecule has 6 rings (SSSR count). The van der Waals surface area contributed by atoms with Crippen LogP contribution < -0.4 is 20.5 Å². The second-order valence-corrected chi connectivity index (χ2v) is 12.8. The molecule has 3 aromatic carbocycles. The number of esters is 1. The number of carbonyl (C=O) groups excluding carboxylic acids is 1. The third-order valence-electron chi connectivity index (χ3n) is 9.83. The first-order chi connectivity index (χ1) is 24.2. The predicted octanol–water partition coefficient (Wildman–Crippen LogP) is 5.37. The van der Waals surface area contributed by atoms with E-state index in [1.807, 2.05) is 56.4 Å². The first kappa shape index (κ1) is 34.8. The van der Waals surface area contributed by atoms with Crippen LogP contribution in [0.2, 0.25) is 0 Å². The molecule has 3 atom stereocenters. The molecule has 1 N–H and O–H groups in total. The van der Waals surface area contributed by atoms with Gasteiger partial charge in [0, 0.05) is 44.2 Å². The van der Waals surface area contributed by atoms with Crippen LogP contribution in [0.15, 0.2) is 94.8 Å². The van der Waals surface area contributed by atoms with Gasteiger partial charge in [-0.3, -0.25) is 14.7 Å². The number of amidine groups is 1. The lowest BCUT2D eigenvalue weighted by molar-refractivity contribution is -0.142. The second-order valence-electron chi connectivity index (χ2n) is 12.8. The summed E-state index contributed by atoms with van der Waals surface area (Å²) in [5.41, 5.74) is 2.47. The Labute approximate surface area is 292 Å². The van der Waals surface area contributed by atoms with Crippen molar-refractivity contribution < 1.29 is 23.7 Å². The summed E-state index contributed by atoms with van der Waals surface area (Å²) in [6.07, 6.45) is 3.15. The van der Waals surface area contributed by atoms with Gasteiger partial charge < -0.3 is 23.8 Å². The Bertz CT molecular complexity index is 1810. The van der Waals surface area contributed by atoms with Crippen LogP contribution in [-0.2, 0) is 19.8 Å². The van der Waals surface area contributed by atoms with E-state index in [1.54, 1.807) is 20.4 Å². The molecule has 50 heavy (non-hydrogen) atoms. The number of likely N-dealkylation sites (tertiary alicyclic amines) is 1. The molecule has 11 nitrogen and oxygen atoms in total. The van der Waals surface area contributed by atoms with E-state index in [0.717, 1.165) is 59.0 Å². The number of nitrogens with one attached hydrogen (secondary N) is 1. The number of ether oxygens (including phenoxy) is 4. The van der Waals surface area contributed by atoms with Crippen LogP contribution in [0.4, 0.5) is 5.82 Å². The minimum Gasteiger partial charge on any atom is -0.497 e. The molecule has 11 heteroatoms. The van der Waals surface area contributed by atoms with Gasteiger partial charge in [0.05, 0.1) is 39.4 Å². The summed E-state index contributed by atoms with van der Waals surface area (Å²) in [7, 11) is 6.68. The molecule has 3 heterocycles. The molecule has 0 unspecified atom stereocenters. The SMILES string of the molecule is COC(=O)C[C@H]1C[C@H](n2cc(C)c(N=C3CCCN3C)nc2=O)O[C@@H]1CNC(c1ccccc1)(c1ccc(OC)cc1)c1ccc(OC)cc1. The predicted molar refractivity (Wildman–Crippen MR) is 191 cm³/mol. The van der Waals surface area contributed by atoms with Crippen molar-refractivity contribution in [1.82, 2.24) is 19.8 Å². The van der Waals surface area contributed by atoms with Gasteiger partial charge in [0.15, 0.2) is 5.82 Å². The van der Waals surface area contributed by atoms with Crippen LogP contribution in [0.1, 0.15) is 54.2 Å². The fourth-order valence-electron chi connectivity index (χ4n) is 7.05. The molecule has 2 aliphatic heterocycles. The molecule has 262 valence electrons. The minimum atomic E-state index is -0.833. The van der Waals surface area contributed by atoms with E-state index >= 15 is 0 Å². The first-order valence-electron chi connectivity index (χ1n) is 17.0. The van der Waals surface area contributed by atoms with Gasteiger partial charge in [-0.2, -0.15) is 4.98 Å². The van der Waals surface area contributed by atoms with Gasteiger partial charge in [0.1, 0.15) is 23.6 Å². The van der Waals surface area contributed by atoms with Gasteiger partial charge in [-0.1, -0.05) is 54.6 Å². The van der Waals surface area contributed by atoms with Gasteiger partial charge in [0.2, 0.25) is 0 Å². The number of nitrogens with zero attached hydrogens (tertiary/aromatic N) is 4. The zero-order chi connectivity index (χ0) is 35.3. The van der Waals surface area contributed by atoms with E-state index < -0.39 is 23.6 Å². The topological polar surface area (TPSA) is 117 Å². The van der Waals surface area contributed by atoms with Crippen LogP contribution in [0, 0.1) is 12.8 Å². The average molecular weight is 680 g/mol. The smallest absolute Gasteiger partial charge is 0.351 e. The summed E-state index contributed by atoms with van der Waals surface area (Å²) in [4.78, 5) is 37.3. The van der Waals surface area contributed by atoms with Crippen molar-refractivity contribution in [1.29, 1.82) is 0 Å². The number of aromatic nitrogens is 2. The second kappa shape index (κ2) is 15.3. The van der Waals surface area contributed by atoms with E-state index in [-0.39, 0.29) is 18.3 Å². The summed E-state index contributed by atoms with van der Waals surface area (Å²) in [6, 6.07) is 26.2. The molecule has 2 aliphatic rings. The monoisotopic (exact) mass is 679 g/mol. The van der Waals surface area contributed by atoms with E-state index in [4.69, 9.17) is 23.9 Å². The number of rotatable bonds is 12. The molecule has 4 aromatic rings. The Morgan fingerprint density at radius 1 is 0.960 bits per heavy atom. The van der Waals surface area contributed by atoms with Gasteiger partial charge >= 0.3 is 11.7 Å². The molecule has 0 bridgehead atoms. The van der Waals surface area contributed by atoms with Crippen molar-refractivity contribution in [3.63, 3.8) is 0 Å². The Morgan fingerprint density at radius 2 is 1.58 bits per heavy atom. The van der Waals surface area contributed by atoms with E-state index in [9.17, 15) is 9.59 Å². The third-order valence-corrected chi connectivity index (χ3v) is 9.83. The van der Waals surface area contributed by atoms with Gasteiger partial charge in [-0.25, -0.2) is 9.79 Å². The van der Waals surface area contributed by atoms with Crippen molar-refractivity contribution in [3.05, 3.63) is 118 Å². The minimum absolute atomic E-state index is 0.141. The first-order valence-corrected chi connectivity index (χ1v) is 17.0. The molecule has 1 aromatic heterocycles. The zero-order valence-corrected chi connectivity index (χ0v) is 29.3. The quantitative estimate of drug-likeness (QED) is 0.156. The Hall–Kier alpha value is -5.00. The molecule has 0 spiro atoms. The number of methoxy groups -OCH3 is 3. The lowest BCUT2D eigenvalue weighted by atomic mass is 9.76. The highest BCUT2D eigenvalue weighted by atomic mass is 16.5. The number of aliphatic imine (C=N–C) groups is 1. The maximum atomic E-state index is 13.5. The van der Waals surface area contributed by atoms with Gasteiger partial charge in [-0.15, -0.1) is 0 Å². The van der Waals surface area contributed by atoms with E-state index in [2.05, 4.69) is 51.6 Å². The van der Waals surface area contributed by atoms with Crippen molar-refractivity contribution >= 4 is 17.6 Å². The Morgan fingerprint density at radius 3 is 2.14 bits per heavy atom. The number of aryl methyl sites for hydroxylation is 1. The van der Waals surface area contributed by atoms with Crippen molar-refractivity contribution in [3.8, 4) is 11.5 Å². The molecule has 2 saturated heterocycles. The van der Waals surface area contributed by atoms with E-state index in [1.165, 1.54) is 11.7 Å². The largest absolute Gasteiger partial charge is 0.497 e. The fourth-order valence-corrected chi connectivity index (χ4v) is 7.05.